The number of thiophene rings is 1. The molecule has 2 aliphatic heterocycles. The summed E-state index contributed by atoms with van der Waals surface area (Å²) in [6, 6.07) is 5.83. The molecule has 2 saturated heterocycles. The van der Waals surface area contributed by atoms with Crippen LogP contribution in [0.3, 0.4) is 0 Å². The summed E-state index contributed by atoms with van der Waals surface area (Å²) >= 11 is 1.67. The van der Waals surface area contributed by atoms with Gasteiger partial charge in [0.25, 0.3) is 5.91 Å². The smallest absolute Gasteiger partial charge is 0.264 e. The maximum Gasteiger partial charge on any atom is 0.264 e. The molecule has 0 aliphatic carbocycles. The summed E-state index contributed by atoms with van der Waals surface area (Å²) in [6.45, 7) is 5.21. The normalized spacial score (nSPS) is 27.8. The lowest BCUT2D eigenvalue weighted by atomic mass is 9.97. The first-order valence-corrected chi connectivity index (χ1v) is 9.18. The predicted molar refractivity (Wildman–Crippen MR) is 88.0 cm³/mol. The molecule has 2 aliphatic rings. The molecule has 2 bridgehead atoms. The van der Waals surface area contributed by atoms with Crippen molar-refractivity contribution in [2.24, 2.45) is 0 Å². The van der Waals surface area contributed by atoms with Crippen LogP contribution in [-0.4, -0.2) is 35.5 Å². The number of nitrogens with zero attached hydrogens (tertiary/aromatic N) is 1. The SMILES string of the molecule is CCCN(C(=O)c1ccc(CC)s1)C1CC2CCC(C1)N2. The maximum atomic E-state index is 12.9. The molecule has 4 heteroatoms. The molecule has 1 amide bonds. The third kappa shape index (κ3) is 3.16. The number of piperidine rings is 1. The molecular weight excluding hydrogens is 280 g/mol. The van der Waals surface area contributed by atoms with E-state index in [0.717, 1.165) is 37.1 Å². The van der Waals surface area contributed by atoms with E-state index in [1.54, 1.807) is 11.3 Å². The van der Waals surface area contributed by atoms with Gasteiger partial charge in [-0.2, -0.15) is 0 Å². The van der Waals surface area contributed by atoms with Crippen LogP contribution < -0.4 is 5.32 Å². The molecule has 1 N–H and O–H groups in total. The third-order valence-electron chi connectivity index (χ3n) is 4.84. The van der Waals surface area contributed by atoms with E-state index in [-0.39, 0.29) is 5.91 Å². The van der Waals surface area contributed by atoms with Gasteiger partial charge in [-0.3, -0.25) is 4.79 Å². The van der Waals surface area contributed by atoms with Crippen LogP contribution in [0.25, 0.3) is 0 Å². The summed E-state index contributed by atoms with van der Waals surface area (Å²) in [7, 11) is 0. The number of nitrogens with one attached hydrogen (secondary N) is 1. The molecule has 3 rings (SSSR count). The fourth-order valence-electron chi connectivity index (χ4n) is 3.80. The number of rotatable bonds is 5. The van der Waals surface area contributed by atoms with E-state index in [4.69, 9.17) is 0 Å². The number of carbonyl (C=O) groups excluding carboxylic acids is 1. The van der Waals surface area contributed by atoms with Crippen LogP contribution >= 0.6 is 11.3 Å². The van der Waals surface area contributed by atoms with Crippen LogP contribution in [0.15, 0.2) is 12.1 Å². The summed E-state index contributed by atoms with van der Waals surface area (Å²) in [5.41, 5.74) is 0. The fraction of sp³-hybridized carbons (Fsp3) is 0.706. The highest BCUT2D eigenvalue weighted by Crippen LogP contribution is 2.31. The summed E-state index contributed by atoms with van der Waals surface area (Å²) in [5.74, 6) is 0.257. The zero-order valence-electron chi connectivity index (χ0n) is 13.1. The van der Waals surface area contributed by atoms with Gasteiger partial charge in [-0.05, 0) is 50.7 Å². The Morgan fingerprint density at radius 1 is 1.29 bits per heavy atom. The Balaban J connectivity index is 1.75. The quantitative estimate of drug-likeness (QED) is 0.903. The topological polar surface area (TPSA) is 32.3 Å². The molecule has 1 aromatic rings. The lowest BCUT2D eigenvalue weighted by molar-refractivity contribution is 0.0622. The van der Waals surface area contributed by atoms with Crippen LogP contribution in [0.4, 0.5) is 0 Å². The van der Waals surface area contributed by atoms with Gasteiger partial charge in [0, 0.05) is 29.5 Å². The minimum atomic E-state index is 0.257. The molecular formula is C17H26N2OS. The van der Waals surface area contributed by atoms with Gasteiger partial charge in [-0.1, -0.05) is 13.8 Å². The van der Waals surface area contributed by atoms with Crippen molar-refractivity contribution in [1.29, 1.82) is 0 Å². The number of carbonyl (C=O) groups is 1. The minimum Gasteiger partial charge on any atom is -0.335 e. The molecule has 1 aromatic heterocycles. The average Bonchev–Trinajstić information content (AvgIpc) is 3.10. The van der Waals surface area contributed by atoms with Crippen molar-refractivity contribution in [2.75, 3.05) is 6.54 Å². The van der Waals surface area contributed by atoms with E-state index in [1.807, 2.05) is 6.07 Å². The van der Waals surface area contributed by atoms with Crippen LogP contribution in [0.5, 0.6) is 0 Å². The second-order valence-corrected chi connectivity index (χ2v) is 7.55. The number of hydrogen-bond acceptors (Lipinski definition) is 3. The number of fused-ring (bicyclic) bond motifs is 2. The Morgan fingerprint density at radius 2 is 2.00 bits per heavy atom. The van der Waals surface area contributed by atoms with Gasteiger partial charge >= 0.3 is 0 Å². The van der Waals surface area contributed by atoms with Crippen molar-refractivity contribution >= 4 is 17.2 Å². The average molecular weight is 306 g/mol. The third-order valence-corrected chi connectivity index (χ3v) is 6.05. The second kappa shape index (κ2) is 6.49. The van der Waals surface area contributed by atoms with E-state index in [0.29, 0.717) is 18.1 Å². The fourth-order valence-corrected chi connectivity index (χ4v) is 4.70. The lowest BCUT2D eigenvalue weighted by Crippen LogP contribution is -2.50. The molecule has 2 fully saturated rings. The Bertz CT molecular complexity index is 487. The molecule has 3 heterocycles. The molecule has 21 heavy (non-hydrogen) atoms. The van der Waals surface area contributed by atoms with Gasteiger partial charge in [-0.15, -0.1) is 11.3 Å². The Labute approximate surface area is 131 Å². The highest BCUT2D eigenvalue weighted by Gasteiger charge is 2.37. The predicted octanol–water partition coefficient (Wildman–Crippen LogP) is 3.45. The van der Waals surface area contributed by atoms with Gasteiger partial charge in [0.05, 0.1) is 4.88 Å². The van der Waals surface area contributed by atoms with Crippen molar-refractivity contribution < 1.29 is 4.79 Å². The molecule has 0 radical (unpaired) electrons. The van der Waals surface area contributed by atoms with Crippen LogP contribution in [-0.2, 0) is 6.42 Å². The van der Waals surface area contributed by atoms with Gasteiger partial charge < -0.3 is 10.2 Å². The first-order chi connectivity index (χ1) is 10.2. The summed E-state index contributed by atoms with van der Waals surface area (Å²) in [6.07, 6.45) is 6.89. The van der Waals surface area contributed by atoms with Gasteiger partial charge in [0.2, 0.25) is 0 Å². The Morgan fingerprint density at radius 3 is 2.57 bits per heavy atom. The van der Waals surface area contributed by atoms with E-state index < -0.39 is 0 Å². The summed E-state index contributed by atoms with van der Waals surface area (Å²) < 4.78 is 0. The Kier molecular flexibility index (Phi) is 4.65. The minimum absolute atomic E-state index is 0.257. The van der Waals surface area contributed by atoms with Crippen molar-refractivity contribution in [2.45, 2.75) is 70.5 Å². The number of hydrogen-bond donors (Lipinski definition) is 1. The monoisotopic (exact) mass is 306 g/mol. The van der Waals surface area contributed by atoms with E-state index in [9.17, 15) is 4.79 Å². The largest absolute Gasteiger partial charge is 0.335 e. The molecule has 3 nitrogen and oxygen atoms in total. The molecule has 2 unspecified atom stereocenters. The zero-order valence-corrected chi connectivity index (χ0v) is 13.9. The van der Waals surface area contributed by atoms with Crippen molar-refractivity contribution in [1.82, 2.24) is 10.2 Å². The summed E-state index contributed by atoms with van der Waals surface area (Å²) in [5, 5.41) is 3.67. The van der Waals surface area contributed by atoms with Crippen molar-refractivity contribution in [3.8, 4) is 0 Å². The zero-order chi connectivity index (χ0) is 14.8. The highest BCUT2D eigenvalue weighted by molar-refractivity contribution is 7.14. The Hall–Kier alpha value is -0.870. The van der Waals surface area contributed by atoms with Gasteiger partial charge in [-0.25, -0.2) is 0 Å². The van der Waals surface area contributed by atoms with Crippen molar-refractivity contribution in [3.05, 3.63) is 21.9 Å². The molecule has 116 valence electrons. The first-order valence-electron chi connectivity index (χ1n) is 8.37. The summed E-state index contributed by atoms with van der Waals surface area (Å²) in [4.78, 5) is 17.3. The standard InChI is InChI=1S/C17H26N2OS/c1-3-9-19(14-10-12-5-6-13(11-14)18-12)17(20)16-8-7-15(4-2)21-16/h7-8,12-14,18H,3-6,9-11H2,1-2H3. The highest BCUT2D eigenvalue weighted by atomic mass is 32.1. The molecule has 0 aromatic carbocycles. The first kappa shape index (κ1) is 15.0. The molecule has 0 saturated carbocycles. The van der Waals surface area contributed by atoms with Crippen LogP contribution in [0.2, 0.25) is 0 Å². The van der Waals surface area contributed by atoms with E-state index >= 15 is 0 Å². The number of amides is 1. The molecule has 2 atom stereocenters. The number of aryl methyl sites for hydroxylation is 1. The van der Waals surface area contributed by atoms with E-state index in [2.05, 4.69) is 30.1 Å². The second-order valence-electron chi connectivity index (χ2n) is 6.38. The van der Waals surface area contributed by atoms with Crippen LogP contribution in [0, 0.1) is 0 Å². The van der Waals surface area contributed by atoms with Gasteiger partial charge in [0.1, 0.15) is 0 Å². The molecule has 0 spiro atoms. The van der Waals surface area contributed by atoms with E-state index in [1.165, 1.54) is 17.7 Å². The maximum absolute atomic E-state index is 12.9. The van der Waals surface area contributed by atoms with Gasteiger partial charge in [0.15, 0.2) is 0 Å². The van der Waals surface area contributed by atoms with Crippen LogP contribution in [0.1, 0.15) is 60.5 Å². The van der Waals surface area contributed by atoms with Crippen molar-refractivity contribution in [3.63, 3.8) is 0 Å². The lowest BCUT2D eigenvalue weighted by Gasteiger charge is -2.37.